The molecule has 0 aliphatic heterocycles. The first kappa shape index (κ1) is 19.2. The molecule has 0 aromatic heterocycles. The number of anilines is 2. The molecule has 0 saturated heterocycles. The van der Waals surface area contributed by atoms with Crippen LogP contribution in [0.15, 0.2) is 78.9 Å². The average molecular weight is 374 g/mol. The Morgan fingerprint density at radius 1 is 0.750 bits per heavy atom. The Bertz CT molecular complexity index is 955. The van der Waals surface area contributed by atoms with Crippen molar-refractivity contribution in [1.29, 1.82) is 0 Å². The number of para-hydroxylation sites is 2. The number of benzene rings is 3. The van der Waals surface area contributed by atoms with Gasteiger partial charge in [-0.05, 0) is 48.9 Å². The van der Waals surface area contributed by atoms with Crippen LogP contribution in [-0.4, -0.2) is 18.4 Å². The Morgan fingerprint density at radius 2 is 1.32 bits per heavy atom. The number of ether oxygens (including phenoxy) is 1. The lowest BCUT2D eigenvalue weighted by Crippen LogP contribution is -2.16. The van der Waals surface area contributed by atoms with E-state index in [1.807, 2.05) is 19.1 Å². The van der Waals surface area contributed by atoms with Gasteiger partial charge in [-0.15, -0.1) is 0 Å². The molecule has 2 amide bonds. The molecule has 5 heteroatoms. The molecule has 5 nitrogen and oxygen atoms in total. The van der Waals surface area contributed by atoms with Gasteiger partial charge in [-0.25, -0.2) is 0 Å². The summed E-state index contributed by atoms with van der Waals surface area (Å²) in [5, 5.41) is 5.70. The normalized spacial score (nSPS) is 10.2. The summed E-state index contributed by atoms with van der Waals surface area (Å²) in [5.41, 5.74) is 2.09. The number of carbonyl (C=O) groups excluding carboxylic acids is 2. The minimum atomic E-state index is -0.275. The Labute approximate surface area is 164 Å². The Hall–Kier alpha value is -3.60. The van der Waals surface area contributed by atoms with E-state index in [4.69, 9.17) is 4.74 Å². The highest BCUT2D eigenvalue weighted by atomic mass is 16.5. The van der Waals surface area contributed by atoms with Crippen molar-refractivity contribution in [2.45, 2.75) is 13.3 Å². The number of hydrogen-bond acceptors (Lipinski definition) is 3. The second kappa shape index (κ2) is 9.37. The molecule has 0 unspecified atom stereocenters. The van der Waals surface area contributed by atoms with Crippen molar-refractivity contribution in [3.63, 3.8) is 0 Å². The average Bonchev–Trinajstić information content (AvgIpc) is 2.74. The third kappa shape index (κ3) is 4.98. The Kier molecular flexibility index (Phi) is 6.41. The van der Waals surface area contributed by atoms with Gasteiger partial charge in [-0.3, -0.25) is 9.59 Å². The maximum absolute atomic E-state index is 12.7. The van der Waals surface area contributed by atoms with Crippen LogP contribution in [0.2, 0.25) is 0 Å². The van der Waals surface area contributed by atoms with Crippen LogP contribution in [0.3, 0.4) is 0 Å². The fourth-order valence-electron chi connectivity index (χ4n) is 2.63. The molecule has 142 valence electrons. The lowest BCUT2D eigenvalue weighted by atomic mass is 10.1. The second-order valence-corrected chi connectivity index (χ2v) is 6.20. The van der Waals surface area contributed by atoms with E-state index in [0.29, 0.717) is 34.9 Å². The second-order valence-electron chi connectivity index (χ2n) is 6.20. The van der Waals surface area contributed by atoms with Crippen molar-refractivity contribution in [2.75, 3.05) is 17.2 Å². The van der Waals surface area contributed by atoms with Crippen LogP contribution in [0.5, 0.6) is 5.75 Å². The first-order valence-corrected chi connectivity index (χ1v) is 9.17. The number of amides is 2. The highest BCUT2D eigenvalue weighted by Gasteiger charge is 2.12. The standard InChI is InChI=1S/C23H22N2O3/c1-2-15-28-19-12-8-11-18(16-19)23(27)25-21-14-7-6-13-20(21)24-22(26)17-9-4-3-5-10-17/h3-14,16H,2,15H2,1H3,(H,24,26)(H,25,27). The lowest BCUT2D eigenvalue weighted by Gasteiger charge is -2.13. The van der Waals surface area contributed by atoms with E-state index in [1.54, 1.807) is 66.7 Å². The molecule has 0 spiro atoms. The molecular formula is C23H22N2O3. The molecular weight excluding hydrogens is 352 g/mol. The molecule has 0 bridgehead atoms. The van der Waals surface area contributed by atoms with Crippen molar-refractivity contribution in [3.05, 3.63) is 90.0 Å². The zero-order chi connectivity index (χ0) is 19.8. The van der Waals surface area contributed by atoms with Gasteiger partial charge in [0.05, 0.1) is 18.0 Å². The van der Waals surface area contributed by atoms with Gasteiger partial charge in [0.25, 0.3) is 11.8 Å². The van der Waals surface area contributed by atoms with E-state index >= 15 is 0 Å². The topological polar surface area (TPSA) is 67.4 Å². The molecule has 0 radical (unpaired) electrons. The quantitative estimate of drug-likeness (QED) is 0.613. The minimum Gasteiger partial charge on any atom is -0.494 e. The smallest absolute Gasteiger partial charge is 0.255 e. The zero-order valence-electron chi connectivity index (χ0n) is 15.6. The van der Waals surface area contributed by atoms with E-state index in [-0.39, 0.29) is 11.8 Å². The largest absolute Gasteiger partial charge is 0.494 e. The van der Waals surface area contributed by atoms with Gasteiger partial charge in [-0.2, -0.15) is 0 Å². The molecule has 0 aliphatic rings. The fraction of sp³-hybridized carbons (Fsp3) is 0.130. The number of carbonyl (C=O) groups is 2. The Morgan fingerprint density at radius 3 is 1.96 bits per heavy atom. The molecule has 0 fully saturated rings. The minimum absolute atomic E-state index is 0.239. The van der Waals surface area contributed by atoms with E-state index < -0.39 is 0 Å². The molecule has 2 N–H and O–H groups in total. The molecule has 0 atom stereocenters. The summed E-state index contributed by atoms with van der Waals surface area (Å²) in [5.74, 6) is 0.140. The predicted molar refractivity (Wildman–Crippen MR) is 111 cm³/mol. The van der Waals surface area contributed by atoms with Crippen LogP contribution in [0.25, 0.3) is 0 Å². The molecule has 0 saturated carbocycles. The summed E-state index contributed by atoms with van der Waals surface area (Å²) in [6.07, 6.45) is 0.894. The van der Waals surface area contributed by atoms with E-state index in [2.05, 4.69) is 10.6 Å². The maximum Gasteiger partial charge on any atom is 0.255 e. The van der Waals surface area contributed by atoms with Gasteiger partial charge in [0.1, 0.15) is 5.75 Å². The van der Waals surface area contributed by atoms with Crippen LogP contribution in [0.1, 0.15) is 34.1 Å². The van der Waals surface area contributed by atoms with Gasteiger partial charge in [0.15, 0.2) is 0 Å². The van der Waals surface area contributed by atoms with Crippen molar-refractivity contribution in [3.8, 4) is 5.75 Å². The maximum atomic E-state index is 12.7. The molecule has 3 aromatic rings. The molecule has 3 aromatic carbocycles. The van der Waals surface area contributed by atoms with E-state index in [1.165, 1.54) is 0 Å². The highest BCUT2D eigenvalue weighted by molar-refractivity contribution is 6.10. The third-order valence-electron chi connectivity index (χ3n) is 4.03. The van der Waals surface area contributed by atoms with Gasteiger partial charge in [0.2, 0.25) is 0 Å². The fourth-order valence-corrected chi connectivity index (χ4v) is 2.63. The van der Waals surface area contributed by atoms with Crippen molar-refractivity contribution in [1.82, 2.24) is 0 Å². The van der Waals surface area contributed by atoms with Crippen LogP contribution < -0.4 is 15.4 Å². The summed E-state index contributed by atoms with van der Waals surface area (Å²) in [6.45, 7) is 2.62. The summed E-state index contributed by atoms with van der Waals surface area (Å²) >= 11 is 0. The molecule has 28 heavy (non-hydrogen) atoms. The van der Waals surface area contributed by atoms with Crippen molar-refractivity contribution >= 4 is 23.2 Å². The summed E-state index contributed by atoms with van der Waals surface area (Å²) in [7, 11) is 0. The highest BCUT2D eigenvalue weighted by Crippen LogP contribution is 2.23. The first-order chi connectivity index (χ1) is 13.7. The van der Waals surface area contributed by atoms with E-state index in [0.717, 1.165) is 6.42 Å². The first-order valence-electron chi connectivity index (χ1n) is 9.17. The molecule has 3 rings (SSSR count). The summed E-state index contributed by atoms with van der Waals surface area (Å²) in [4.78, 5) is 25.1. The number of rotatable bonds is 7. The number of nitrogens with one attached hydrogen (secondary N) is 2. The van der Waals surface area contributed by atoms with Crippen LogP contribution in [0, 0.1) is 0 Å². The van der Waals surface area contributed by atoms with Gasteiger partial charge in [0, 0.05) is 11.1 Å². The summed E-state index contributed by atoms with van der Waals surface area (Å²) in [6, 6.07) is 23.0. The molecule has 0 heterocycles. The SMILES string of the molecule is CCCOc1cccc(C(=O)Nc2ccccc2NC(=O)c2ccccc2)c1. The lowest BCUT2D eigenvalue weighted by molar-refractivity contribution is 0.101. The summed E-state index contributed by atoms with van der Waals surface area (Å²) < 4.78 is 5.58. The van der Waals surface area contributed by atoms with Crippen LogP contribution >= 0.6 is 0 Å². The monoisotopic (exact) mass is 374 g/mol. The van der Waals surface area contributed by atoms with E-state index in [9.17, 15) is 9.59 Å². The van der Waals surface area contributed by atoms with Crippen LogP contribution in [0.4, 0.5) is 11.4 Å². The molecule has 0 aliphatic carbocycles. The van der Waals surface area contributed by atoms with Crippen molar-refractivity contribution < 1.29 is 14.3 Å². The predicted octanol–water partition coefficient (Wildman–Crippen LogP) is 4.98. The van der Waals surface area contributed by atoms with Crippen LogP contribution in [-0.2, 0) is 0 Å². The zero-order valence-corrected chi connectivity index (χ0v) is 15.6. The van der Waals surface area contributed by atoms with Gasteiger partial charge < -0.3 is 15.4 Å². The van der Waals surface area contributed by atoms with Crippen molar-refractivity contribution in [2.24, 2.45) is 0 Å². The number of hydrogen-bond donors (Lipinski definition) is 2. The van der Waals surface area contributed by atoms with Gasteiger partial charge >= 0.3 is 0 Å². The van der Waals surface area contributed by atoms with Gasteiger partial charge in [-0.1, -0.05) is 43.3 Å². The Balaban J connectivity index is 1.74. The third-order valence-corrected chi connectivity index (χ3v) is 4.03.